The van der Waals surface area contributed by atoms with Crippen LogP contribution in [-0.2, 0) is 6.54 Å². The number of hydrogen-bond acceptors (Lipinski definition) is 2. The van der Waals surface area contributed by atoms with Crippen molar-refractivity contribution in [1.82, 2.24) is 14.9 Å². The number of rotatable bonds is 6. The van der Waals surface area contributed by atoms with Gasteiger partial charge in [0.2, 0.25) is 0 Å². The molecule has 0 aliphatic heterocycles. The summed E-state index contributed by atoms with van der Waals surface area (Å²) in [6, 6.07) is 16.9. The molecule has 0 aliphatic rings. The average molecular weight is 340 g/mol. The maximum Gasteiger partial charge on any atom is 0.251 e. The fourth-order valence-corrected chi connectivity index (χ4v) is 2.53. The number of nitrogens with one attached hydrogen (secondary N) is 1. The normalized spacial score (nSPS) is 10.5. The summed E-state index contributed by atoms with van der Waals surface area (Å²) in [5.74, 6) is -0.0812. The van der Waals surface area contributed by atoms with Gasteiger partial charge in [-0.3, -0.25) is 4.79 Å². The third-order valence-electron chi connectivity index (χ3n) is 3.69. The quantitative estimate of drug-likeness (QED) is 0.689. The van der Waals surface area contributed by atoms with Crippen molar-refractivity contribution in [1.29, 1.82) is 0 Å². The van der Waals surface area contributed by atoms with Crippen LogP contribution in [0.2, 0.25) is 5.02 Å². The monoisotopic (exact) mass is 339 g/mol. The molecule has 0 aliphatic carbocycles. The van der Waals surface area contributed by atoms with Crippen LogP contribution in [0.25, 0.3) is 11.3 Å². The lowest BCUT2D eigenvalue weighted by Gasteiger charge is -2.06. The molecule has 1 heterocycles. The molecule has 1 aromatic heterocycles. The number of aryl methyl sites for hydroxylation is 1. The summed E-state index contributed by atoms with van der Waals surface area (Å²) in [5, 5.41) is 3.54. The molecule has 3 rings (SSSR count). The van der Waals surface area contributed by atoms with Crippen molar-refractivity contribution in [2.75, 3.05) is 6.54 Å². The van der Waals surface area contributed by atoms with E-state index < -0.39 is 0 Å². The molecule has 0 bridgehead atoms. The van der Waals surface area contributed by atoms with Crippen molar-refractivity contribution in [2.45, 2.75) is 13.0 Å². The Morgan fingerprint density at radius 1 is 1.08 bits per heavy atom. The van der Waals surface area contributed by atoms with E-state index in [1.807, 2.05) is 47.4 Å². The Hall–Kier alpha value is -2.59. The highest BCUT2D eigenvalue weighted by Gasteiger charge is 2.05. The van der Waals surface area contributed by atoms with Crippen molar-refractivity contribution in [3.63, 3.8) is 0 Å². The van der Waals surface area contributed by atoms with Crippen molar-refractivity contribution in [3.05, 3.63) is 77.7 Å². The van der Waals surface area contributed by atoms with Crippen molar-refractivity contribution in [3.8, 4) is 11.3 Å². The van der Waals surface area contributed by atoms with Gasteiger partial charge in [0.05, 0.1) is 12.0 Å². The van der Waals surface area contributed by atoms with E-state index in [-0.39, 0.29) is 5.91 Å². The first-order chi connectivity index (χ1) is 11.7. The highest BCUT2D eigenvalue weighted by atomic mass is 35.5. The predicted octanol–water partition coefficient (Wildman–Crippen LogP) is 4.02. The van der Waals surface area contributed by atoms with Gasteiger partial charge in [-0.15, -0.1) is 0 Å². The van der Waals surface area contributed by atoms with Crippen LogP contribution in [0.3, 0.4) is 0 Å². The lowest BCUT2D eigenvalue weighted by molar-refractivity contribution is 0.0952. The van der Waals surface area contributed by atoms with Gasteiger partial charge in [0, 0.05) is 35.4 Å². The summed E-state index contributed by atoms with van der Waals surface area (Å²) < 4.78 is 2.04. The number of amides is 1. The van der Waals surface area contributed by atoms with E-state index in [0.29, 0.717) is 17.1 Å². The fourth-order valence-electron chi connectivity index (χ4n) is 2.41. The molecule has 0 fully saturated rings. The fraction of sp³-hybridized carbons (Fsp3) is 0.158. The minimum atomic E-state index is -0.0812. The number of imidazole rings is 1. The number of carbonyl (C=O) groups is 1. The maximum atomic E-state index is 12.0. The van der Waals surface area contributed by atoms with Crippen LogP contribution in [0, 0.1) is 0 Å². The minimum absolute atomic E-state index is 0.0812. The molecule has 5 heteroatoms. The van der Waals surface area contributed by atoms with Crippen LogP contribution < -0.4 is 5.32 Å². The zero-order chi connectivity index (χ0) is 16.8. The Labute approximate surface area is 146 Å². The molecule has 1 amide bonds. The van der Waals surface area contributed by atoms with Gasteiger partial charge in [-0.25, -0.2) is 4.98 Å². The Bertz CT molecular complexity index is 797. The van der Waals surface area contributed by atoms with Crippen molar-refractivity contribution in [2.24, 2.45) is 0 Å². The molecule has 0 atom stereocenters. The molecule has 0 saturated carbocycles. The molecule has 0 unspecified atom stereocenters. The Balaban J connectivity index is 1.46. The molecular weight excluding hydrogens is 322 g/mol. The predicted molar refractivity (Wildman–Crippen MR) is 96.1 cm³/mol. The van der Waals surface area contributed by atoms with Crippen LogP contribution >= 0.6 is 11.6 Å². The minimum Gasteiger partial charge on any atom is -0.352 e. The van der Waals surface area contributed by atoms with Gasteiger partial charge in [0.1, 0.15) is 0 Å². The number of carbonyl (C=O) groups excluding carboxylic acids is 1. The lowest BCUT2D eigenvalue weighted by atomic mass is 10.2. The van der Waals surface area contributed by atoms with Crippen molar-refractivity contribution >= 4 is 17.5 Å². The molecule has 0 saturated heterocycles. The highest BCUT2D eigenvalue weighted by Crippen LogP contribution is 2.16. The van der Waals surface area contributed by atoms with E-state index in [2.05, 4.69) is 10.3 Å². The van der Waals surface area contributed by atoms with Crippen LogP contribution in [0.1, 0.15) is 16.8 Å². The average Bonchev–Trinajstić information content (AvgIpc) is 3.09. The van der Waals surface area contributed by atoms with Crippen LogP contribution in [0.4, 0.5) is 0 Å². The van der Waals surface area contributed by atoms with Gasteiger partial charge in [-0.2, -0.15) is 0 Å². The van der Waals surface area contributed by atoms with Crippen LogP contribution in [-0.4, -0.2) is 22.0 Å². The summed E-state index contributed by atoms with van der Waals surface area (Å²) in [6.45, 7) is 1.42. The summed E-state index contributed by atoms with van der Waals surface area (Å²) in [7, 11) is 0. The van der Waals surface area contributed by atoms with Gasteiger partial charge in [0.25, 0.3) is 5.91 Å². The Kier molecular flexibility index (Phi) is 5.29. The largest absolute Gasteiger partial charge is 0.352 e. The van der Waals surface area contributed by atoms with E-state index in [0.717, 1.165) is 24.2 Å². The molecule has 122 valence electrons. The first-order valence-electron chi connectivity index (χ1n) is 7.83. The van der Waals surface area contributed by atoms with Gasteiger partial charge in [0.15, 0.2) is 0 Å². The van der Waals surface area contributed by atoms with E-state index in [1.54, 1.807) is 24.3 Å². The van der Waals surface area contributed by atoms with Gasteiger partial charge in [-0.1, -0.05) is 41.9 Å². The van der Waals surface area contributed by atoms with Crippen LogP contribution in [0.15, 0.2) is 67.1 Å². The standard InChI is InChI=1S/C19H18ClN3O/c20-17-9-7-16(8-10-17)19(24)21-11-4-12-23-13-18(22-14-23)15-5-2-1-3-6-15/h1-3,5-10,13-14H,4,11-12H2,(H,21,24). The zero-order valence-electron chi connectivity index (χ0n) is 13.2. The molecule has 1 N–H and O–H groups in total. The molecule has 2 aromatic carbocycles. The zero-order valence-corrected chi connectivity index (χ0v) is 13.9. The number of benzene rings is 2. The third-order valence-corrected chi connectivity index (χ3v) is 3.94. The molecule has 0 radical (unpaired) electrons. The van der Waals surface area contributed by atoms with Gasteiger partial charge in [-0.05, 0) is 30.7 Å². The van der Waals surface area contributed by atoms with E-state index in [1.165, 1.54) is 0 Å². The van der Waals surface area contributed by atoms with Gasteiger partial charge >= 0.3 is 0 Å². The molecule has 4 nitrogen and oxygen atoms in total. The van der Waals surface area contributed by atoms with E-state index >= 15 is 0 Å². The smallest absolute Gasteiger partial charge is 0.251 e. The molecule has 0 spiro atoms. The SMILES string of the molecule is O=C(NCCCn1cnc(-c2ccccc2)c1)c1ccc(Cl)cc1. The van der Waals surface area contributed by atoms with Crippen molar-refractivity contribution < 1.29 is 4.79 Å². The first-order valence-corrected chi connectivity index (χ1v) is 8.21. The molecule has 24 heavy (non-hydrogen) atoms. The number of halogens is 1. The third kappa shape index (κ3) is 4.24. The van der Waals surface area contributed by atoms with E-state index in [9.17, 15) is 4.79 Å². The second-order valence-electron chi connectivity index (χ2n) is 5.48. The van der Waals surface area contributed by atoms with E-state index in [4.69, 9.17) is 11.6 Å². The second kappa shape index (κ2) is 7.79. The number of aromatic nitrogens is 2. The molecule has 3 aromatic rings. The Morgan fingerprint density at radius 3 is 2.58 bits per heavy atom. The summed E-state index contributed by atoms with van der Waals surface area (Å²) >= 11 is 5.82. The van der Waals surface area contributed by atoms with Gasteiger partial charge < -0.3 is 9.88 Å². The molecular formula is C19H18ClN3O. The Morgan fingerprint density at radius 2 is 1.83 bits per heavy atom. The lowest BCUT2D eigenvalue weighted by Crippen LogP contribution is -2.25. The summed E-state index contributed by atoms with van der Waals surface area (Å²) in [6.07, 6.45) is 4.68. The summed E-state index contributed by atoms with van der Waals surface area (Å²) in [5.41, 5.74) is 2.68. The summed E-state index contributed by atoms with van der Waals surface area (Å²) in [4.78, 5) is 16.4. The second-order valence-corrected chi connectivity index (χ2v) is 5.92. The topological polar surface area (TPSA) is 46.9 Å². The number of hydrogen-bond donors (Lipinski definition) is 1. The first kappa shape index (κ1) is 16.3. The maximum absolute atomic E-state index is 12.0. The number of nitrogens with zero attached hydrogens (tertiary/aromatic N) is 2. The highest BCUT2D eigenvalue weighted by molar-refractivity contribution is 6.30. The van der Waals surface area contributed by atoms with Crippen LogP contribution in [0.5, 0.6) is 0 Å².